The van der Waals surface area contributed by atoms with E-state index in [1.165, 1.54) is 5.56 Å². The fourth-order valence-corrected chi connectivity index (χ4v) is 3.30. The van der Waals surface area contributed by atoms with Gasteiger partial charge in [0.1, 0.15) is 18.1 Å². The van der Waals surface area contributed by atoms with E-state index in [1.54, 1.807) is 36.9 Å². The molecule has 1 amide bonds. The summed E-state index contributed by atoms with van der Waals surface area (Å²) in [6.45, 7) is 2.66. The lowest BCUT2D eigenvalue weighted by molar-refractivity contribution is -0.120. The van der Waals surface area contributed by atoms with E-state index >= 15 is 0 Å². The number of aryl methyl sites for hydroxylation is 1. The van der Waals surface area contributed by atoms with Crippen LogP contribution in [0.25, 0.3) is 17.0 Å². The summed E-state index contributed by atoms with van der Waals surface area (Å²) in [5.41, 5.74) is 3.43. The second kappa shape index (κ2) is 9.99. The molecule has 0 saturated carbocycles. The molecule has 33 heavy (non-hydrogen) atoms. The molecule has 0 radical (unpaired) electrons. The minimum atomic E-state index is -0.0569. The summed E-state index contributed by atoms with van der Waals surface area (Å²) in [5.74, 6) is 2.11. The second-order valence-electron chi connectivity index (χ2n) is 7.39. The fraction of sp³-hybridized carbons (Fsp3) is 0.250. The Labute approximate surface area is 191 Å². The van der Waals surface area contributed by atoms with Crippen LogP contribution in [0.5, 0.6) is 17.4 Å². The smallest absolute Gasteiger partial charge is 0.231 e. The molecule has 0 bridgehead atoms. The number of hydrogen-bond donors (Lipinski definition) is 1. The van der Waals surface area contributed by atoms with Crippen LogP contribution in [0.3, 0.4) is 0 Å². The highest BCUT2D eigenvalue weighted by molar-refractivity contribution is 5.78. The highest BCUT2D eigenvalue weighted by Crippen LogP contribution is 2.32. The lowest BCUT2D eigenvalue weighted by Crippen LogP contribution is -2.29. The van der Waals surface area contributed by atoms with E-state index in [1.807, 2.05) is 43.3 Å². The molecule has 9 heteroatoms. The van der Waals surface area contributed by atoms with Crippen LogP contribution in [-0.2, 0) is 11.2 Å². The number of benzene rings is 2. The second-order valence-corrected chi connectivity index (χ2v) is 7.39. The Balaban J connectivity index is 1.39. The predicted octanol–water partition coefficient (Wildman–Crippen LogP) is 2.85. The number of aromatic nitrogens is 4. The molecule has 2 aromatic carbocycles. The number of hydrogen-bond acceptors (Lipinski definition) is 7. The predicted molar refractivity (Wildman–Crippen MR) is 123 cm³/mol. The molecule has 2 aromatic heterocycles. The molecule has 0 saturated heterocycles. The fourth-order valence-electron chi connectivity index (χ4n) is 3.30. The van der Waals surface area contributed by atoms with E-state index in [0.29, 0.717) is 41.8 Å². The summed E-state index contributed by atoms with van der Waals surface area (Å²) in [6, 6.07) is 16.8. The summed E-state index contributed by atoms with van der Waals surface area (Å²) in [5, 5.41) is 15.8. The lowest BCUT2D eigenvalue weighted by atomic mass is 10.1. The zero-order valence-electron chi connectivity index (χ0n) is 18.7. The standard InChI is InChI=1S/C24H25N5O4/c1-16-4-6-17(7-5-16)14-22(30)25-12-13-33-23-11-10-21-26-27-24(29(21)28-23)19-9-8-18(31-2)15-20(19)32-3/h4-11,15H,12-14H2,1-3H3,(H,25,30). The lowest BCUT2D eigenvalue weighted by Gasteiger charge is -2.10. The summed E-state index contributed by atoms with van der Waals surface area (Å²) >= 11 is 0. The average Bonchev–Trinajstić information content (AvgIpc) is 3.26. The summed E-state index contributed by atoms with van der Waals surface area (Å²) in [4.78, 5) is 12.1. The van der Waals surface area contributed by atoms with Gasteiger partial charge in [-0.15, -0.1) is 15.3 Å². The maximum atomic E-state index is 12.1. The Morgan fingerprint density at radius 2 is 1.82 bits per heavy atom. The minimum Gasteiger partial charge on any atom is -0.497 e. The first-order valence-corrected chi connectivity index (χ1v) is 10.5. The number of nitrogens with one attached hydrogen (secondary N) is 1. The van der Waals surface area contributed by atoms with Crippen LogP contribution in [0, 0.1) is 6.92 Å². The number of nitrogens with zero attached hydrogens (tertiary/aromatic N) is 4. The van der Waals surface area contributed by atoms with Crippen molar-refractivity contribution in [1.82, 2.24) is 25.1 Å². The molecule has 170 valence electrons. The molecule has 1 N–H and O–H groups in total. The normalized spacial score (nSPS) is 10.8. The monoisotopic (exact) mass is 447 g/mol. The van der Waals surface area contributed by atoms with Gasteiger partial charge >= 0.3 is 0 Å². The molecule has 0 spiro atoms. The first-order chi connectivity index (χ1) is 16.1. The molecule has 4 rings (SSSR count). The molecule has 0 aliphatic heterocycles. The Morgan fingerprint density at radius 1 is 1.00 bits per heavy atom. The number of methoxy groups -OCH3 is 2. The molecule has 0 unspecified atom stereocenters. The zero-order chi connectivity index (χ0) is 23.2. The van der Waals surface area contributed by atoms with E-state index in [0.717, 1.165) is 11.1 Å². The van der Waals surface area contributed by atoms with Gasteiger partial charge < -0.3 is 19.5 Å². The number of fused-ring (bicyclic) bond motifs is 1. The number of rotatable bonds is 9. The molecular weight excluding hydrogens is 422 g/mol. The van der Waals surface area contributed by atoms with E-state index in [9.17, 15) is 4.79 Å². The van der Waals surface area contributed by atoms with E-state index in [2.05, 4.69) is 20.6 Å². The Morgan fingerprint density at radius 3 is 2.58 bits per heavy atom. The molecule has 0 aliphatic carbocycles. The van der Waals surface area contributed by atoms with Gasteiger partial charge in [-0.3, -0.25) is 4.79 Å². The van der Waals surface area contributed by atoms with Crippen molar-refractivity contribution in [3.05, 3.63) is 65.7 Å². The van der Waals surface area contributed by atoms with E-state index in [4.69, 9.17) is 14.2 Å². The van der Waals surface area contributed by atoms with Crippen molar-refractivity contribution in [3.63, 3.8) is 0 Å². The van der Waals surface area contributed by atoms with Crippen molar-refractivity contribution < 1.29 is 19.0 Å². The van der Waals surface area contributed by atoms with Gasteiger partial charge in [0.2, 0.25) is 11.8 Å². The van der Waals surface area contributed by atoms with Crippen LogP contribution in [0.2, 0.25) is 0 Å². The minimum absolute atomic E-state index is 0.0569. The number of amides is 1. The summed E-state index contributed by atoms with van der Waals surface area (Å²) in [6.07, 6.45) is 0.332. The first-order valence-electron chi connectivity index (χ1n) is 10.5. The molecule has 9 nitrogen and oxygen atoms in total. The van der Waals surface area contributed by atoms with Crippen molar-refractivity contribution >= 4 is 11.6 Å². The van der Waals surface area contributed by atoms with Gasteiger partial charge in [-0.05, 0) is 30.7 Å². The SMILES string of the molecule is COc1ccc(-c2nnc3ccc(OCCNC(=O)Cc4ccc(C)cc4)nn23)c(OC)c1. The molecular formula is C24H25N5O4. The van der Waals surface area contributed by atoms with Crippen LogP contribution in [0.4, 0.5) is 0 Å². The van der Waals surface area contributed by atoms with E-state index < -0.39 is 0 Å². The van der Waals surface area contributed by atoms with Crippen LogP contribution >= 0.6 is 0 Å². The van der Waals surface area contributed by atoms with Gasteiger partial charge in [0.15, 0.2) is 11.5 Å². The topological polar surface area (TPSA) is 99.9 Å². The van der Waals surface area contributed by atoms with Crippen LogP contribution in [0.1, 0.15) is 11.1 Å². The average molecular weight is 447 g/mol. The quantitative estimate of drug-likeness (QED) is 0.394. The van der Waals surface area contributed by atoms with Crippen molar-refractivity contribution in [3.8, 4) is 28.8 Å². The van der Waals surface area contributed by atoms with Crippen molar-refractivity contribution in [2.24, 2.45) is 0 Å². The summed E-state index contributed by atoms with van der Waals surface area (Å²) < 4.78 is 18.1. The largest absolute Gasteiger partial charge is 0.497 e. The molecule has 4 aromatic rings. The number of carbonyl (C=O) groups is 1. The van der Waals surface area contributed by atoms with Gasteiger partial charge in [0.25, 0.3) is 0 Å². The molecule has 2 heterocycles. The number of ether oxygens (including phenoxy) is 3. The van der Waals surface area contributed by atoms with Gasteiger partial charge in [-0.1, -0.05) is 29.8 Å². The molecule has 0 atom stereocenters. The number of carbonyl (C=O) groups excluding carboxylic acids is 1. The Hall–Kier alpha value is -4.14. The van der Waals surface area contributed by atoms with Gasteiger partial charge in [-0.25, -0.2) is 0 Å². The Bertz CT molecular complexity index is 1250. The highest BCUT2D eigenvalue weighted by atomic mass is 16.5. The third kappa shape index (κ3) is 5.20. The van der Waals surface area contributed by atoms with Gasteiger partial charge in [0.05, 0.1) is 32.7 Å². The molecule has 0 aliphatic rings. The summed E-state index contributed by atoms with van der Waals surface area (Å²) in [7, 11) is 3.17. The molecule has 0 fully saturated rings. The third-order valence-electron chi connectivity index (χ3n) is 5.05. The first kappa shape index (κ1) is 22.1. The van der Waals surface area contributed by atoms with Gasteiger partial charge in [0, 0.05) is 12.1 Å². The third-order valence-corrected chi connectivity index (χ3v) is 5.05. The van der Waals surface area contributed by atoms with Crippen molar-refractivity contribution in [1.29, 1.82) is 0 Å². The van der Waals surface area contributed by atoms with Crippen molar-refractivity contribution in [2.75, 3.05) is 27.4 Å². The van der Waals surface area contributed by atoms with Crippen LogP contribution in [0.15, 0.2) is 54.6 Å². The van der Waals surface area contributed by atoms with Gasteiger partial charge in [-0.2, -0.15) is 4.52 Å². The Kier molecular flexibility index (Phi) is 6.68. The maximum absolute atomic E-state index is 12.1. The maximum Gasteiger partial charge on any atom is 0.231 e. The zero-order valence-corrected chi connectivity index (χ0v) is 18.7. The van der Waals surface area contributed by atoms with Crippen LogP contribution < -0.4 is 19.5 Å². The van der Waals surface area contributed by atoms with Crippen molar-refractivity contribution in [2.45, 2.75) is 13.3 Å². The van der Waals surface area contributed by atoms with E-state index in [-0.39, 0.29) is 12.5 Å². The highest BCUT2D eigenvalue weighted by Gasteiger charge is 2.16. The van der Waals surface area contributed by atoms with Crippen LogP contribution in [-0.4, -0.2) is 53.1 Å².